The van der Waals surface area contributed by atoms with Crippen LogP contribution in [0.1, 0.15) is 31.1 Å². The number of nitrogen functional groups attached to an aromatic ring is 1. The highest BCUT2D eigenvalue weighted by Crippen LogP contribution is 2.26. The molecular formula is C15H22N2O4. The van der Waals surface area contributed by atoms with E-state index in [1.807, 2.05) is 13.8 Å². The third kappa shape index (κ3) is 5.33. The van der Waals surface area contributed by atoms with E-state index in [1.54, 1.807) is 25.1 Å². The number of rotatable bonds is 7. The quantitative estimate of drug-likeness (QED) is 0.589. The largest absolute Gasteiger partial charge is 0.491 e. The van der Waals surface area contributed by atoms with Crippen molar-refractivity contribution < 1.29 is 19.1 Å². The Morgan fingerprint density at radius 2 is 2.05 bits per heavy atom. The second kappa shape index (κ2) is 8.14. The average Bonchev–Trinajstić information content (AvgIpc) is 2.44. The smallest absolute Gasteiger partial charge is 0.342 e. The summed E-state index contributed by atoms with van der Waals surface area (Å²) in [6, 6.07) is 4.82. The Hall–Kier alpha value is -2.24. The third-order valence-corrected chi connectivity index (χ3v) is 2.60. The number of carbonyl (C=O) groups is 2. The standard InChI is InChI=1S/C15H22N2O4/c1-4-20-14-11(6-5-7-12(14)16)15(19)21-9-13(18)17-8-10(2)3/h5-7,10H,4,8-9,16H2,1-3H3,(H,17,18). The number of hydrogen-bond donors (Lipinski definition) is 2. The van der Waals surface area contributed by atoms with Gasteiger partial charge in [0.15, 0.2) is 12.4 Å². The molecule has 0 aliphatic carbocycles. The molecule has 6 nitrogen and oxygen atoms in total. The summed E-state index contributed by atoms with van der Waals surface area (Å²) in [7, 11) is 0. The minimum atomic E-state index is -0.634. The molecule has 0 bridgehead atoms. The van der Waals surface area contributed by atoms with E-state index in [0.29, 0.717) is 24.8 Å². The first-order valence-corrected chi connectivity index (χ1v) is 6.90. The normalized spacial score (nSPS) is 10.3. The maximum atomic E-state index is 12.0. The molecule has 0 atom stereocenters. The topological polar surface area (TPSA) is 90.7 Å². The van der Waals surface area contributed by atoms with Gasteiger partial charge in [0, 0.05) is 6.54 Å². The van der Waals surface area contributed by atoms with E-state index < -0.39 is 5.97 Å². The fourth-order valence-corrected chi connectivity index (χ4v) is 1.60. The summed E-state index contributed by atoms with van der Waals surface area (Å²) >= 11 is 0. The van der Waals surface area contributed by atoms with Crippen LogP contribution in [-0.2, 0) is 9.53 Å². The van der Waals surface area contributed by atoms with Crippen LogP contribution in [0.25, 0.3) is 0 Å². The van der Waals surface area contributed by atoms with Crippen molar-refractivity contribution in [2.24, 2.45) is 5.92 Å². The summed E-state index contributed by atoms with van der Waals surface area (Å²) in [4.78, 5) is 23.5. The number of nitrogens with one attached hydrogen (secondary N) is 1. The van der Waals surface area contributed by atoms with Gasteiger partial charge in [0.1, 0.15) is 5.56 Å². The molecule has 1 amide bonds. The van der Waals surface area contributed by atoms with Crippen LogP contribution in [0.2, 0.25) is 0 Å². The highest BCUT2D eigenvalue weighted by atomic mass is 16.5. The zero-order valence-electron chi connectivity index (χ0n) is 12.6. The summed E-state index contributed by atoms with van der Waals surface area (Å²) in [6.07, 6.45) is 0. The molecule has 3 N–H and O–H groups in total. The average molecular weight is 294 g/mol. The van der Waals surface area contributed by atoms with Crippen LogP contribution in [0.15, 0.2) is 18.2 Å². The second-order valence-electron chi connectivity index (χ2n) is 4.93. The van der Waals surface area contributed by atoms with Crippen molar-refractivity contribution in [1.29, 1.82) is 0 Å². The van der Waals surface area contributed by atoms with Crippen molar-refractivity contribution in [2.45, 2.75) is 20.8 Å². The molecule has 0 fully saturated rings. The minimum absolute atomic E-state index is 0.216. The number of anilines is 1. The molecule has 0 radical (unpaired) electrons. The molecule has 1 rings (SSSR count). The maximum Gasteiger partial charge on any atom is 0.342 e. The number of amides is 1. The minimum Gasteiger partial charge on any atom is -0.491 e. The number of benzene rings is 1. The van der Waals surface area contributed by atoms with Crippen LogP contribution >= 0.6 is 0 Å². The maximum absolute atomic E-state index is 12.0. The number of esters is 1. The molecule has 0 unspecified atom stereocenters. The number of carbonyl (C=O) groups excluding carboxylic acids is 2. The first kappa shape index (κ1) is 16.8. The van der Waals surface area contributed by atoms with E-state index in [9.17, 15) is 9.59 Å². The van der Waals surface area contributed by atoms with E-state index in [4.69, 9.17) is 15.2 Å². The van der Waals surface area contributed by atoms with Crippen LogP contribution < -0.4 is 15.8 Å². The molecule has 1 aromatic carbocycles. The van der Waals surface area contributed by atoms with Gasteiger partial charge in [0.25, 0.3) is 5.91 Å². The Balaban J connectivity index is 2.64. The van der Waals surface area contributed by atoms with Crippen LogP contribution in [0.3, 0.4) is 0 Å². The molecule has 0 aromatic heterocycles. The van der Waals surface area contributed by atoms with Crippen LogP contribution in [0, 0.1) is 5.92 Å². The molecule has 0 aliphatic heterocycles. The van der Waals surface area contributed by atoms with Crippen molar-refractivity contribution >= 4 is 17.6 Å². The molecule has 0 saturated carbocycles. The summed E-state index contributed by atoms with van der Waals surface area (Å²) in [5, 5.41) is 2.67. The lowest BCUT2D eigenvalue weighted by molar-refractivity contribution is -0.124. The van der Waals surface area contributed by atoms with Crippen molar-refractivity contribution in [2.75, 3.05) is 25.5 Å². The first-order chi connectivity index (χ1) is 9.95. The summed E-state index contributed by atoms with van der Waals surface area (Å²) in [6.45, 7) is 6.34. The molecule has 116 valence electrons. The van der Waals surface area contributed by atoms with Crippen LogP contribution in [0.4, 0.5) is 5.69 Å². The van der Waals surface area contributed by atoms with Crippen molar-refractivity contribution in [1.82, 2.24) is 5.32 Å². The Morgan fingerprint density at radius 3 is 2.67 bits per heavy atom. The van der Waals surface area contributed by atoms with Gasteiger partial charge in [-0.1, -0.05) is 19.9 Å². The Bertz CT molecular complexity index is 500. The molecule has 1 aromatic rings. The second-order valence-corrected chi connectivity index (χ2v) is 4.93. The Labute approximate surface area is 124 Å². The molecule has 21 heavy (non-hydrogen) atoms. The van der Waals surface area contributed by atoms with Gasteiger partial charge < -0.3 is 20.5 Å². The SMILES string of the molecule is CCOc1c(N)cccc1C(=O)OCC(=O)NCC(C)C. The summed E-state index contributed by atoms with van der Waals surface area (Å²) in [5.41, 5.74) is 6.34. The monoisotopic (exact) mass is 294 g/mol. The van der Waals surface area contributed by atoms with E-state index in [1.165, 1.54) is 0 Å². The fraction of sp³-hybridized carbons (Fsp3) is 0.467. The Morgan fingerprint density at radius 1 is 1.33 bits per heavy atom. The van der Waals surface area contributed by atoms with E-state index in [0.717, 1.165) is 0 Å². The van der Waals surface area contributed by atoms with Gasteiger partial charge in [0.2, 0.25) is 0 Å². The highest BCUT2D eigenvalue weighted by molar-refractivity contribution is 5.95. The van der Waals surface area contributed by atoms with Crippen molar-refractivity contribution in [3.8, 4) is 5.75 Å². The van der Waals surface area contributed by atoms with Gasteiger partial charge in [-0.05, 0) is 25.0 Å². The van der Waals surface area contributed by atoms with Crippen molar-refractivity contribution in [3.05, 3.63) is 23.8 Å². The lowest BCUT2D eigenvalue weighted by atomic mass is 10.1. The zero-order chi connectivity index (χ0) is 15.8. The number of hydrogen-bond acceptors (Lipinski definition) is 5. The molecule has 0 heterocycles. The summed E-state index contributed by atoms with van der Waals surface area (Å²) < 4.78 is 10.3. The highest BCUT2D eigenvalue weighted by Gasteiger charge is 2.17. The number of nitrogens with two attached hydrogens (primary N) is 1. The summed E-state index contributed by atoms with van der Waals surface area (Å²) in [5.74, 6) is -0.347. The van der Waals surface area contributed by atoms with Gasteiger partial charge in [-0.3, -0.25) is 4.79 Å². The molecule has 0 aliphatic rings. The van der Waals surface area contributed by atoms with Gasteiger partial charge in [-0.25, -0.2) is 4.79 Å². The molecule has 6 heteroatoms. The van der Waals surface area contributed by atoms with E-state index >= 15 is 0 Å². The van der Waals surface area contributed by atoms with Crippen LogP contribution in [-0.4, -0.2) is 31.6 Å². The molecular weight excluding hydrogens is 272 g/mol. The number of para-hydroxylation sites is 1. The zero-order valence-corrected chi connectivity index (χ0v) is 12.6. The van der Waals surface area contributed by atoms with Crippen molar-refractivity contribution in [3.63, 3.8) is 0 Å². The van der Waals surface area contributed by atoms with Gasteiger partial charge >= 0.3 is 5.97 Å². The molecule has 0 saturated heterocycles. The van der Waals surface area contributed by atoms with Gasteiger partial charge in [-0.2, -0.15) is 0 Å². The Kier molecular flexibility index (Phi) is 6.52. The predicted octanol–water partition coefficient (Wildman–Crippen LogP) is 1.60. The third-order valence-electron chi connectivity index (χ3n) is 2.60. The lowest BCUT2D eigenvalue weighted by Gasteiger charge is -2.12. The number of ether oxygens (including phenoxy) is 2. The first-order valence-electron chi connectivity index (χ1n) is 6.90. The van der Waals surface area contributed by atoms with Gasteiger partial charge in [-0.15, -0.1) is 0 Å². The fourth-order valence-electron chi connectivity index (χ4n) is 1.60. The van der Waals surface area contributed by atoms with Gasteiger partial charge in [0.05, 0.1) is 12.3 Å². The molecule has 0 spiro atoms. The van der Waals surface area contributed by atoms with E-state index in [2.05, 4.69) is 5.32 Å². The van der Waals surface area contributed by atoms with E-state index in [-0.39, 0.29) is 23.8 Å². The lowest BCUT2D eigenvalue weighted by Crippen LogP contribution is -2.31. The predicted molar refractivity (Wildman–Crippen MR) is 80.2 cm³/mol. The van der Waals surface area contributed by atoms with Crippen LogP contribution in [0.5, 0.6) is 5.75 Å².